The zero-order valence-electron chi connectivity index (χ0n) is 13.0. The van der Waals surface area contributed by atoms with Crippen molar-refractivity contribution >= 4 is 40.4 Å². The summed E-state index contributed by atoms with van der Waals surface area (Å²) >= 11 is 5.98. The molecule has 1 heterocycles. The summed E-state index contributed by atoms with van der Waals surface area (Å²) < 4.78 is 0. The minimum absolute atomic E-state index is 0.0182. The second-order valence-electron chi connectivity index (χ2n) is 5.19. The maximum atomic E-state index is 11.5. The van der Waals surface area contributed by atoms with Crippen molar-refractivity contribution in [3.63, 3.8) is 0 Å². The lowest BCUT2D eigenvalue weighted by molar-refractivity contribution is 0.101. The van der Waals surface area contributed by atoms with Crippen molar-refractivity contribution in [3.05, 3.63) is 71.5 Å². The number of hydrogen-bond acceptors (Lipinski definition) is 5. The van der Waals surface area contributed by atoms with Crippen molar-refractivity contribution < 1.29 is 4.79 Å². The maximum Gasteiger partial charge on any atom is 0.159 e. The molecule has 3 rings (SSSR count). The Balaban J connectivity index is 1.78. The second-order valence-corrected chi connectivity index (χ2v) is 5.62. The molecular formula is C18H15ClN4O. The van der Waals surface area contributed by atoms with E-state index >= 15 is 0 Å². The second kappa shape index (κ2) is 7.10. The highest BCUT2D eigenvalue weighted by Gasteiger charge is 2.03. The molecule has 1 aromatic heterocycles. The summed E-state index contributed by atoms with van der Waals surface area (Å²) in [6.45, 7) is 1.54. The Hall–Kier alpha value is -2.92. The van der Waals surface area contributed by atoms with Crippen molar-refractivity contribution in [2.75, 3.05) is 10.6 Å². The highest BCUT2D eigenvalue weighted by Crippen LogP contribution is 2.21. The third-order valence-corrected chi connectivity index (χ3v) is 3.54. The number of nitrogens with one attached hydrogen (secondary N) is 2. The Bertz CT molecular complexity index is 882. The third kappa shape index (κ3) is 4.08. The van der Waals surface area contributed by atoms with Gasteiger partial charge in [0.05, 0.1) is 0 Å². The van der Waals surface area contributed by atoms with Crippen LogP contribution in [0.4, 0.5) is 23.0 Å². The van der Waals surface area contributed by atoms with E-state index in [2.05, 4.69) is 20.6 Å². The van der Waals surface area contributed by atoms with Crippen LogP contribution >= 0.6 is 11.6 Å². The standard InChI is InChI=1S/C18H15ClN4O/c1-12(24)13-4-2-6-15(8-13)22-17-10-18(21-11-20-17)23-16-7-3-5-14(19)9-16/h2-11H,1H3,(H2,20,21,22,23). The molecule has 120 valence electrons. The van der Waals surface area contributed by atoms with Crippen molar-refractivity contribution in [2.45, 2.75) is 6.92 Å². The lowest BCUT2D eigenvalue weighted by atomic mass is 10.1. The van der Waals surface area contributed by atoms with Gasteiger partial charge in [-0.1, -0.05) is 29.8 Å². The minimum atomic E-state index is 0.0182. The van der Waals surface area contributed by atoms with Gasteiger partial charge < -0.3 is 10.6 Å². The first-order valence-electron chi connectivity index (χ1n) is 7.33. The summed E-state index contributed by atoms with van der Waals surface area (Å²) in [5.74, 6) is 1.28. The maximum absolute atomic E-state index is 11.5. The van der Waals surface area contributed by atoms with Gasteiger partial charge in [0, 0.05) is 28.0 Å². The molecule has 0 amide bonds. The number of benzene rings is 2. The molecule has 2 N–H and O–H groups in total. The molecule has 0 fully saturated rings. The molecule has 2 aromatic carbocycles. The van der Waals surface area contributed by atoms with Crippen LogP contribution in [0, 0.1) is 0 Å². The molecule has 0 saturated carbocycles. The van der Waals surface area contributed by atoms with Gasteiger partial charge in [0.2, 0.25) is 0 Å². The molecule has 0 aliphatic rings. The van der Waals surface area contributed by atoms with Crippen LogP contribution in [0.15, 0.2) is 60.9 Å². The normalized spacial score (nSPS) is 10.2. The van der Waals surface area contributed by atoms with Gasteiger partial charge in [-0.2, -0.15) is 0 Å². The fraction of sp³-hybridized carbons (Fsp3) is 0.0556. The molecule has 0 unspecified atom stereocenters. The van der Waals surface area contributed by atoms with Crippen LogP contribution in [-0.2, 0) is 0 Å². The van der Waals surface area contributed by atoms with Crippen LogP contribution in [0.3, 0.4) is 0 Å². The molecule has 24 heavy (non-hydrogen) atoms. The highest BCUT2D eigenvalue weighted by molar-refractivity contribution is 6.30. The largest absolute Gasteiger partial charge is 0.340 e. The summed E-state index contributed by atoms with van der Waals surface area (Å²) in [7, 11) is 0. The van der Waals surface area contributed by atoms with Gasteiger partial charge >= 0.3 is 0 Å². The lowest BCUT2D eigenvalue weighted by Gasteiger charge is -2.09. The van der Waals surface area contributed by atoms with E-state index in [1.54, 1.807) is 18.2 Å². The summed E-state index contributed by atoms with van der Waals surface area (Å²) in [4.78, 5) is 19.8. The van der Waals surface area contributed by atoms with Crippen LogP contribution in [0.1, 0.15) is 17.3 Å². The van der Waals surface area contributed by atoms with Gasteiger partial charge in [0.25, 0.3) is 0 Å². The van der Waals surface area contributed by atoms with Gasteiger partial charge in [-0.3, -0.25) is 4.79 Å². The summed E-state index contributed by atoms with van der Waals surface area (Å²) in [5, 5.41) is 6.98. The fourth-order valence-corrected chi connectivity index (χ4v) is 2.36. The molecule has 0 saturated heterocycles. The van der Waals surface area contributed by atoms with Gasteiger partial charge in [0.1, 0.15) is 18.0 Å². The summed E-state index contributed by atoms with van der Waals surface area (Å²) in [6.07, 6.45) is 1.46. The zero-order chi connectivity index (χ0) is 16.9. The predicted molar refractivity (Wildman–Crippen MR) is 96.5 cm³/mol. The number of carbonyl (C=O) groups is 1. The average molecular weight is 339 g/mol. The molecule has 0 aliphatic heterocycles. The Kier molecular flexibility index (Phi) is 4.72. The smallest absolute Gasteiger partial charge is 0.159 e. The quantitative estimate of drug-likeness (QED) is 0.653. The molecule has 6 heteroatoms. The van der Waals surface area contributed by atoms with Crippen molar-refractivity contribution in [2.24, 2.45) is 0 Å². The van der Waals surface area contributed by atoms with Crippen molar-refractivity contribution in [3.8, 4) is 0 Å². The van der Waals surface area contributed by atoms with Crippen LogP contribution < -0.4 is 10.6 Å². The van der Waals surface area contributed by atoms with Crippen LogP contribution in [0.5, 0.6) is 0 Å². The number of aromatic nitrogens is 2. The number of nitrogens with zero attached hydrogens (tertiary/aromatic N) is 2. The van der Waals surface area contributed by atoms with E-state index in [4.69, 9.17) is 11.6 Å². The Morgan fingerprint density at radius 1 is 0.917 bits per heavy atom. The molecule has 3 aromatic rings. The fourth-order valence-electron chi connectivity index (χ4n) is 2.17. The molecule has 0 spiro atoms. The minimum Gasteiger partial charge on any atom is -0.340 e. The van der Waals surface area contributed by atoms with Gasteiger partial charge in [-0.05, 0) is 37.3 Å². The first-order valence-corrected chi connectivity index (χ1v) is 7.70. The third-order valence-electron chi connectivity index (χ3n) is 3.31. The van der Waals surface area contributed by atoms with E-state index < -0.39 is 0 Å². The van der Waals surface area contributed by atoms with Gasteiger partial charge in [-0.25, -0.2) is 9.97 Å². The first kappa shape index (κ1) is 16.0. The molecule has 0 aliphatic carbocycles. The van der Waals surface area contributed by atoms with Crippen molar-refractivity contribution in [1.82, 2.24) is 9.97 Å². The molecule has 0 radical (unpaired) electrons. The van der Waals surface area contributed by atoms with Gasteiger partial charge in [0.15, 0.2) is 5.78 Å². The number of carbonyl (C=O) groups excluding carboxylic acids is 1. The summed E-state index contributed by atoms with van der Waals surface area (Å²) in [6, 6.07) is 16.4. The zero-order valence-corrected chi connectivity index (χ0v) is 13.7. The van der Waals surface area contributed by atoms with E-state index in [1.807, 2.05) is 36.4 Å². The number of ketones is 1. The molecule has 5 nitrogen and oxygen atoms in total. The Morgan fingerprint density at radius 2 is 1.54 bits per heavy atom. The van der Waals surface area contributed by atoms with Crippen LogP contribution in [-0.4, -0.2) is 15.8 Å². The van der Waals surface area contributed by atoms with E-state index in [-0.39, 0.29) is 5.78 Å². The lowest BCUT2D eigenvalue weighted by Crippen LogP contribution is -1.99. The van der Waals surface area contributed by atoms with E-state index in [0.717, 1.165) is 11.4 Å². The van der Waals surface area contributed by atoms with Crippen molar-refractivity contribution in [1.29, 1.82) is 0 Å². The van der Waals surface area contributed by atoms with E-state index in [1.165, 1.54) is 13.3 Å². The average Bonchev–Trinajstić information content (AvgIpc) is 2.55. The number of halogens is 1. The number of rotatable bonds is 5. The Morgan fingerprint density at radius 3 is 2.17 bits per heavy atom. The monoisotopic (exact) mass is 338 g/mol. The number of anilines is 4. The number of Topliss-reactive ketones (excluding diaryl/α,β-unsaturated/α-hetero) is 1. The van der Waals surface area contributed by atoms with Crippen LogP contribution in [0.2, 0.25) is 5.02 Å². The van der Waals surface area contributed by atoms with E-state index in [9.17, 15) is 4.79 Å². The predicted octanol–water partition coefficient (Wildman–Crippen LogP) is 4.82. The Labute approximate surface area is 144 Å². The molecule has 0 atom stereocenters. The first-order chi connectivity index (χ1) is 11.6. The molecule has 0 bridgehead atoms. The summed E-state index contributed by atoms with van der Waals surface area (Å²) in [5.41, 5.74) is 2.27. The SMILES string of the molecule is CC(=O)c1cccc(Nc2cc(Nc3cccc(Cl)c3)ncn2)c1. The topological polar surface area (TPSA) is 66.9 Å². The van der Waals surface area contributed by atoms with Gasteiger partial charge in [-0.15, -0.1) is 0 Å². The van der Waals surface area contributed by atoms with E-state index in [0.29, 0.717) is 22.2 Å². The number of hydrogen-bond donors (Lipinski definition) is 2. The molecular weight excluding hydrogens is 324 g/mol. The highest BCUT2D eigenvalue weighted by atomic mass is 35.5. The van der Waals surface area contributed by atoms with Crippen LogP contribution in [0.25, 0.3) is 0 Å².